The molecule has 4 aliphatic carbocycles. The third kappa shape index (κ3) is 16.9. The summed E-state index contributed by atoms with van der Waals surface area (Å²) in [4.78, 5) is 50.1. The average molecular weight is 1240 g/mol. The molecule has 0 aromatic heterocycles. The van der Waals surface area contributed by atoms with Gasteiger partial charge in [0.2, 0.25) is 0 Å². The van der Waals surface area contributed by atoms with E-state index in [9.17, 15) is 80.5 Å². The fraction of sp³-hybridized carbons (Fsp3) is 0.857. The molecule has 8 aliphatic rings. The number of carbonyl (C=O) groups excluding carboxylic acids is 3. The van der Waals surface area contributed by atoms with Crippen molar-refractivity contribution in [1.29, 1.82) is 0 Å². The van der Waals surface area contributed by atoms with Crippen molar-refractivity contribution in [2.45, 2.75) is 236 Å². The van der Waals surface area contributed by atoms with Crippen LogP contribution in [-0.2, 0) is 76.0 Å². The van der Waals surface area contributed by atoms with E-state index in [2.05, 4.69) is 0 Å². The molecule has 28 atom stereocenters. The summed E-state index contributed by atoms with van der Waals surface area (Å²) in [5, 5.41) is 142. The molecule has 8 fully saturated rings. The topological polar surface area (TPSA) is 455 Å². The van der Waals surface area contributed by atoms with Gasteiger partial charge in [-0.2, -0.15) is 0 Å². The summed E-state index contributed by atoms with van der Waals surface area (Å²) in [6.07, 6.45) is -29.1. The van der Waals surface area contributed by atoms with Crippen LogP contribution in [0.3, 0.4) is 0 Å². The van der Waals surface area contributed by atoms with Gasteiger partial charge in [-0.15, -0.1) is 0 Å². The fourth-order valence-electron chi connectivity index (χ4n) is 13.2. The predicted octanol–water partition coefficient (Wildman–Crippen LogP) is -5.00. The molecule has 30 heteroatoms. The summed E-state index contributed by atoms with van der Waals surface area (Å²) in [5.74, 6) is -6.33. The summed E-state index contributed by atoms with van der Waals surface area (Å²) in [6.45, 7) is -2.02. The third-order valence-electron chi connectivity index (χ3n) is 18.1. The molecule has 0 amide bonds. The molecule has 0 spiro atoms. The first-order valence-electron chi connectivity index (χ1n) is 29.4. The lowest BCUT2D eigenvalue weighted by molar-refractivity contribution is -0.385. The van der Waals surface area contributed by atoms with Crippen molar-refractivity contribution >= 4 is 23.9 Å². The molecule has 0 aromatic rings. The second kappa shape index (κ2) is 31.0. The van der Waals surface area contributed by atoms with Gasteiger partial charge in [0.15, 0.2) is 37.2 Å². The molecule has 0 bridgehead atoms. The number of ether oxygens (including phenoxy) is 13. The van der Waals surface area contributed by atoms with Crippen LogP contribution in [0.1, 0.15) is 77.0 Å². The van der Waals surface area contributed by atoms with Crippen LogP contribution < -0.4 is 0 Å². The molecular formula is C56H87O30+. The highest BCUT2D eigenvalue weighted by atomic mass is 16.8. The molecule has 14 unspecified atom stereocenters. The van der Waals surface area contributed by atoms with Crippen molar-refractivity contribution in [3.8, 4) is 0 Å². The molecule has 0 radical (unpaired) electrons. The summed E-state index contributed by atoms with van der Waals surface area (Å²) in [5.41, 5.74) is 0. The summed E-state index contributed by atoms with van der Waals surface area (Å²) < 4.78 is 75.2. The number of esters is 3. The Balaban J connectivity index is 1.06. The van der Waals surface area contributed by atoms with E-state index in [4.69, 9.17) is 66.7 Å². The van der Waals surface area contributed by atoms with Gasteiger partial charge in [-0.3, -0.25) is 9.59 Å². The highest BCUT2D eigenvalue weighted by molar-refractivity contribution is 5.90. The number of hydrogen-bond donors (Lipinski definition) is 13. The molecule has 4 saturated carbocycles. The second-order valence-electron chi connectivity index (χ2n) is 23.9. The predicted molar refractivity (Wildman–Crippen MR) is 283 cm³/mol. The maximum Gasteiger partial charge on any atom is 0.330 e. The number of allylic oxidation sites excluding steroid dienone is 2. The molecule has 30 nitrogen and oxygen atoms in total. The summed E-state index contributed by atoms with van der Waals surface area (Å²) >= 11 is 0. The molecule has 14 N–H and O–H groups in total. The van der Waals surface area contributed by atoms with Crippen molar-refractivity contribution in [3.05, 3.63) is 24.3 Å². The number of carboxylic acids is 1. The minimum absolute atomic E-state index is 0.0164. The Morgan fingerprint density at radius 2 is 1.13 bits per heavy atom. The van der Waals surface area contributed by atoms with E-state index in [-0.39, 0.29) is 43.9 Å². The maximum absolute atomic E-state index is 13.6. The SMILES string of the molecule is COC1CC(C=CC(=O)OC[C@H]2O[C@@H](OC3CC4C(O[C@@H]5O[C@H](COC(=O)CC(=O)O)[C@@H](O)[C@H](O)[C@H]5O)CC(O)CC4[OH+]C3C3CCC(O)C(O)C3)[C@H](O[C@@H]3OC[C@@H](O)[C@H](O)[C@H]3OC(=O)C=CC3CC(OC)C(O)C(OC)C3)[C@@H](O)[C@@H]2O)CCC1O. The smallest absolute Gasteiger partial charge is 0.330 e. The van der Waals surface area contributed by atoms with E-state index in [1.807, 2.05) is 0 Å². The number of aliphatic carboxylic acids is 1. The standard InChI is InChI=1S/C56H86O30/c1-74-34-12-23(4-8-29(34)59)5-10-41(64)77-21-39-47(70)49(72)53(86-55-52(44(67)31(61)20-79-55)85-42(65)11-6-24-13-35(75-2)45(68)36(14-24)76-3)56(84-39)82-37-18-27-32(80-51(37)25-7-9-28(58)30(60)15-25)16-26(57)17-33(27)81-54-50(73)48(71)46(69)38(83-54)22-78-43(66)19-40(62)63/h5-6,10-11,23-39,44-61,67-73H,4,7-9,12-22H2,1-3H3,(H,62,63)/p+1/t23?,24?,25?,26?,27?,28?,29?,30?,31-,32?,33?,34?,35?,36?,37?,38-,39-,44+,45?,46-,47-,48+,49+,50-,51?,52-,53-,54-,55+,56-/m1/s1. The average Bonchev–Trinajstić information content (AvgIpc) is 3.56. The van der Waals surface area contributed by atoms with Crippen LogP contribution in [0, 0.1) is 23.7 Å². The third-order valence-corrected chi connectivity index (χ3v) is 18.1. The second-order valence-corrected chi connectivity index (χ2v) is 23.9. The lowest BCUT2D eigenvalue weighted by Gasteiger charge is -2.50. The van der Waals surface area contributed by atoms with E-state index < -0.39 is 221 Å². The number of hydrogen-bond acceptors (Lipinski definition) is 28. The molecule has 4 aliphatic heterocycles. The van der Waals surface area contributed by atoms with E-state index in [0.29, 0.717) is 38.5 Å². The number of aliphatic hydroxyl groups is 14. The van der Waals surface area contributed by atoms with Gasteiger partial charge in [0.05, 0.1) is 61.4 Å². The van der Waals surface area contributed by atoms with Crippen molar-refractivity contribution in [2.75, 3.05) is 41.2 Å². The van der Waals surface area contributed by atoms with E-state index >= 15 is 0 Å². The number of rotatable bonds is 21. The largest absolute Gasteiger partial charge is 0.481 e. The molecule has 4 saturated heterocycles. The molecule has 0 aromatic carbocycles. The van der Waals surface area contributed by atoms with Crippen LogP contribution in [0.2, 0.25) is 0 Å². The Kier molecular flexibility index (Phi) is 24.7. The number of carboxylic acid groups (broad SMARTS) is 1. The number of fused-ring (bicyclic) bond motifs is 1. The van der Waals surface area contributed by atoms with Crippen molar-refractivity contribution in [2.24, 2.45) is 23.7 Å². The molecule has 8 rings (SSSR count). The van der Waals surface area contributed by atoms with Crippen LogP contribution in [0.25, 0.3) is 0 Å². The Bertz CT molecular complexity index is 2250. The molecule has 4 heterocycles. The van der Waals surface area contributed by atoms with Crippen molar-refractivity contribution < 1.29 is 147 Å². The van der Waals surface area contributed by atoms with Gasteiger partial charge in [0, 0.05) is 52.2 Å². The van der Waals surface area contributed by atoms with Crippen LogP contribution in [-0.4, -0.2) is 295 Å². The maximum atomic E-state index is 13.6. The van der Waals surface area contributed by atoms with Crippen molar-refractivity contribution in [3.63, 3.8) is 0 Å². The first kappa shape index (κ1) is 68.4. The monoisotopic (exact) mass is 1240 g/mol. The van der Waals surface area contributed by atoms with E-state index in [1.54, 1.807) is 6.08 Å². The first-order chi connectivity index (χ1) is 41.0. The normalized spacial score (nSPS) is 45.9. The van der Waals surface area contributed by atoms with Gasteiger partial charge >= 0.3 is 23.9 Å². The van der Waals surface area contributed by atoms with Gasteiger partial charge in [0.1, 0.15) is 92.9 Å². The number of carbonyl (C=O) groups is 4. The Labute approximate surface area is 495 Å². The molecule has 490 valence electrons. The first-order valence-corrected chi connectivity index (χ1v) is 29.4. The zero-order chi connectivity index (χ0) is 62.3. The van der Waals surface area contributed by atoms with Gasteiger partial charge in [-0.25, -0.2) is 9.59 Å². The molecule has 86 heavy (non-hydrogen) atoms. The highest BCUT2D eigenvalue weighted by Gasteiger charge is 2.58. The number of aliphatic hydroxyl groups excluding tert-OH is 12. The zero-order valence-corrected chi connectivity index (χ0v) is 48.0. The minimum atomic E-state index is -2.03. The van der Waals surface area contributed by atoms with Gasteiger partial charge in [0.25, 0.3) is 0 Å². The Morgan fingerprint density at radius 1 is 0.512 bits per heavy atom. The fourth-order valence-corrected chi connectivity index (χ4v) is 13.2. The van der Waals surface area contributed by atoms with Gasteiger partial charge in [-0.1, -0.05) is 12.2 Å². The van der Waals surface area contributed by atoms with Crippen LogP contribution in [0.4, 0.5) is 0 Å². The quantitative estimate of drug-likeness (QED) is 0.0168. The highest BCUT2D eigenvalue weighted by Crippen LogP contribution is 2.45. The van der Waals surface area contributed by atoms with E-state index in [1.165, 1.54) is 33.5 Å². The Hall–Kier alpha value is -3.52. The number of methoxy groups -OCH3 is 3. The summed E-state index contributed by atoms with van der Waals surface area (Å²) in [7, 11) is 4.33. The van der Waals surface area contributed by atoms with Crippen LogP contribution in [0.5, 0.6) is 0 Å². The van der Waals surface area contributed by atoms with Crippen LogP contribution >= 0.6 is 0 Å². The lowest BCUT2D eigenvalue weighted by atomic mass is 9.72. The molecular weight excluding hydrogens is 1150 g/mol. The zero-order valence-electron chi connectivity index (χ0n) is 48.0. The summed E-state index contributed by atoms with van der Waals surface area (Å²) in [6, 6.07) is 0. The van der Waals surface area contributed by atoms with Crippen molar-refractivity contribution in [1.82, 2.24) is 0 Å². The van der Waals surface area contributed by atoms with E-state index in [0.717, 1.165) is 6.08 Å². The minimum Gasteiger partial charge on any atom is -0.481 e. The Morgan fingerprint density at radius 3 is 1.80 bits per heavy atom. The van der Waals surface area contributed by atoms with Crippen LogP contribution in [0.15, 0.2) is 24.3 Å². The lowest BCUT2D eigenvalue weighted by Crippen LogP contribution is -2.66. The van der Waals surface area contributed by atoms with Gasteiger partial charge in [-0.05, 0) is 69.6 Å². The van der Waals surface area contributed by atoms with Gasteiger partial charge < -0.3 is 128 Å².